The lowest BCUT2D eigenvalue weighted by atomic mass is 10.0. The van der Waals surface area contributed by atoms with Gasteiger partial charge >= 0.3 is 0 Å². The number of halogens is 1. The van der Waals surface area contributed by atoms with Crippen molar-refractivity contribution >= 4 is 29.3 Å². The van der Waals surface area contributed by atoms with Gasteiger partial charge in [-0.2, -0.15) is 11.8 Å². The second-order valence-corrected chi connectivity index (χ2v) is 7.18. The zero-order chi connectivity index (χ0) is 16.7. The number of rotatable bonds is 7. The summed E-state index contributed by atoms with van der Waals surface area (Å²) >= 11 is 7.76. The topological polar surface area (TPSA) is 29.1 Å². The molecule has 0 spiro atoms. The number of aryl methyl sites for hydroxylation is 2. The fraction of sp³-hybridized carbons (Fsp3) is 0.316. The van der Waals surface area contributed by atoms with Gasteiger partial charge in [0.2, 0.25) is 5.91 Å². The third kappa shape index (κ3) is 6.28. The SMILES string of the molecule is Cc1ccc(C)c(CC(=O)NCCSCc2cccc(Cl)c2)c1. The molecule has 0 saturated carbocycles. The molecule has 0 unspecified atom stereocenters. The average molecular weight is 348 g/mol. The van der Waals surface area contributed by atoms with Gasteiger partial charge in [0.25, 0.3) is 0 Å². The third-order valence-electron chi connectivity index (χ3n) is 3.58. The van der Waals surface area contributed by atoms with Crippen molar-refractivity contribution in [2.45, 2.75) is 26.0 Å². The van der Waals surface area contributed by atoms with Gasteiger partial charge in [-0.05, 0) is 42.7 Å². The van der Waals surface area contributed by atoms with Crippen molar-refractivity contribution in [2.24, 2.45) is 0 Å². The smallest absolute Gasteiger partial charge is 0.224 e. The first-order chi connectivity index (χ1) is 11.0. The normalized spacial score (nSPS) is 10.6. The molecule has 2 rings (SSSR count). The van der Waals surface area contributed by atoms with Gasteiger partial charge in [0.15, 0.2) is 0 Å². The van der Waals surface area contributed by atoms with E-state index in [1.54, 1.807) is 11.8 Å². The zero-order valence-corrected chi connectivity index (χ0v) is 15.1. The van der Waals surface area contributed by atoms with Crippen molar-refractivity contribution < 1.29 is 4.79 Å². The van der Waals surface area contributed by atoms with Gasteiger partial charge < -0.3 is 5.32 Å². The maximum Gasteiger partial charge on any atom is 0.224 e. The second kappa shape index (κ2) is 8.99. The summed E-state index contributed by atoms with van der Waals surface area (Å²) in [6.07, 6.45) is 0.451. The molecule has 0 fully saturated rings. The quantitative estimate of drug-likeness (QED) is 0.744. The van der Waals surface area contributed by atoms with E-state index in [1.165, 1.54) is 16.7 Å². The summed E-state index contributed by atoms with van der Waals surface area (Å²) < 4.78 is 0. The minimum absolute atomic E-state index is 0.0852. The Bertz CT molecular complexity index is 672. The van der Waals surface area contributed by atoms with Crippen molar-refractivity contribution in [3.05, 3.63) is 69.7 Å². The minimum Gasteiger partial charge on any atom is -0.355 e. The zero-order valence-electron chi connectivity index (χ0n) is 13.6. The average Bonchev–Trinajstić information content (AvgIpc) is 2.51. The lowest BCUT2D eigenvalue weighted by molar-refractivity contribution is -0.120. The van der Waals surface area contributed by atoms with Crippen LogP contribution >= 0.6 is 23.4 Å². The molecule has 0 bridgehead atoms. The highest BCUT2D eigenvalue weighted by Gasteiger charge is 2.06. The van der Waals surface area contributed by atoms with Crippen LogP contribution in [0.5, 0.6) is 0 Å². The molecule has 0 aliphatic rings. The summed E-state index contributed by atoms with van der Waals surface area (Å²) in [5, 5.41) is 3.76. The molecule has 2 aromatic rings. The van der Waals surface area contributed by atoms with Crippen LogP contribution in [0.2, 0.25) is 5.02 Å². The molecule has 23 heavy (non-hydrogen) atoms. The van der Waals surface area contributed by atoms with Crippen LogP contribution in [0.1, 0.15) is 22.3 Å². The molecule has 0 radical (unpaired) electrons. The highest BCUT2D eigenvalue weighted by Crippen LogP contribution is 2.16. The Labute approximate surface area is 147 Å². The fourth-order valence-corrected chi connectivity index (χ4v) is 3.32. The molecule has 0 aromatic heterocycles. The summed E-state index contributed by atoms with van der Waals surface area (Å²) in [5.74, 6) is 1.89. The van der Waals surface area contributed by atoms with Crippen molar-refractivity contribution in [3.63, 3.8) is 0 Å². The lowest BCUT2D eigenvalue weighted by Gasteiger charge is -2.08. The van der Waals surface area contributed by atoms with Crippen LogP contribution in [-0.4, -0.2) is 18.2 Å². The van der Waals surface area contributed by atoms with Crippen molar-refractivity contribution in [1.29, 1.82) is 0 Å². The second-order valence-electron chi connectivity index (χ2n) is 5.64. The largest absolute Gasteiger partial charge is 0.355 e. The van der Waals surface area contributed by atoms with E-state index in [4.69, 9.17) is 11.6 Å². The van der Waals surface area contributed by atoms with E-state index >= 15 is 0 Å². The molecule has 0 atom stereocenters. The Hall–Kier alpha value is -1.45. The van der Waals surface area contributed by atoms with E-state index in [0.717, 1.165) is 22.1 Å². The van der Waals surface area contributed by atoms with E-state index in [0.29, 0.717) is 13.0 Å². The Kier molecular flexibility index (Phi) is 7.00. The Morgan fingerprint density at radius 3 is 2.78 bits per heavy atom. The van der Waals surface area contributed by atoms with E-state index < -0.39 is 0 Å². The monoisotopic (exact) mass is 347 g/mol. The highest BCUT2D eigenvalue weighted by atomic mass is 35.5. The Morgan fingerprint density at radius 2 is 2.00 bits per heavy atom. The number of hydrogen-bond donors (Lipinski definition) is 1. The van der Waals surface area contributed by atoms with Crippen LogP contribution in [-0.2, 0) is 17.0 Å². The Balaban J connectivity index is 1.68. The van der Waals surface area contributed by atoms with Crippen LogP contribution in [0.15, 0.2) is 42.5 Å². The van der Waals surface area contributed by atoms with Crippen molar-refractivity contribution in [2.75, 3.05) is 12.3 Å². The number of amides is 1. The van der Waals surface area contributed by atoms with E-state index in [-0.39, 0.29) is 5.91 Å². The first-order valence-corrected chi connectivity index (χ1v) is 9.23. The lowest BCUT2D eigenvalue weighted by Crippen LogP contribution is -2.27. The van der Waals surface area contributed by atoms with Gasteiger partial charge in [-0.1, -0.05) is 47.5 Å². The number of thioether (sulfide) groups is 1. The predicted molar refractivity (Wildman–Crippen MR) is 100 cm³/mol. The van der Waals surface area contributed by atoms with Gasteiger partial charge in [-0.3, -0.25) is 4.79 Å². The fourth-order valence-electron chi connectivity index (χ4n) is 2.31. The molecule has 122 valence electrons. The number of benzene rings is 2. The van der Waals surface area contributed by atoms with Crippen molar-refractivity contribution in [1.82, 2.24) is 5.32 Å². The van der Waals surface area contributed by atoms with Crippen LogP contribution < -0.4 is 5.32 Å². The number of carbonyl (C=O) groups is 1. The van der Waals surface area contributed by atoms with Crippen molar-refractivity contribution in [3.8, 4) is 0 Å². The van der Waals surface area contributed by atoms with Crippen LogP contribution in [0.25, 0.3) is 0 Å². The first-order valence-electron chi connectivity index (χ1n) is 7.69. The van der Waals surface area contributed by atoms with Gasteiger partial charge in [-0.25, -0.2) is 0 Å². The molecule has 4 heteroatoms. The molecule has 0 aliphatic carbocycles. The maximum absolute atomic E-state index is 12.0. The summed E-state index contributed by atoms with van der Waals surface area (Å²) in [6.45, 7) is 4.78. The van der Waals surface area contributed by atoms with E-state index in [1.807, 2.05) is 32.0 Å². The number of nitrogens with one attached hydrogen (secondary N) is 1. The number of carbonyl (C=O) groups excluding carboxylic acids is 1. The summed E-state index contributed by atoms with van der Waals surface area (Å²) in [6, 6.07) is 14.1. The molecule has 1 amide bonds. The summed E-state index contributed by atoms with van der Waals surface area (Å²) in [7, 11) is 0. The maximum atomic E-state index is 12.0. The molecule has 2 aromatic carbocycles. The van der Waals surface area contributed by atoms with Gasteiger partial charge in [0.05, 0.1) is 6.42 Å². The summed E-state index contributed by atoms with van der Waals surface area (Å²) in [4.78, 5) is 12.0. The highest BCUT2D eigenvalue weighted by molar-refractivity contribution is 7.98. The minimum atomic E-state index is 0.0852. The van der Waals surface area contributed by atoms with Gasteiger partial charge in [0, 0.05) is 23.1 Å². The van der Waals surface area contributed by atoms with E-state index in [2.05, 4.69) is 29.6 Å². The van der Waals surface area contributed by atoms with Crippen LogP contribution in [0.4, 0.5) is 0 Å². The van der Waals surface area contributed by atoms with Crippen LogP contribution in [0.3, 0.4) is 0 Å². The number of hydrogen-bond acceptors (Lipinski definition) is 2. The molecular weight excluding hydrogens is 326 g/mol. The Morgan fingerprint density at radius 1 is 1.17 bits per heavy atom. The third-order valence-corrected chi connectivity index (χ3v) is 4.85. The first kappa shape index (κ1) is 17.9. The van der Waals surface area contributed by atoms with Gasteiger partial charge in [-0.15, -0.1) is 0 Å². The molecule has 0 aliphatic heterocycles. The molecule has 0 heterocycles. The van der Waals surface area contributed by atoms with E-state index in [9.17, 15) is 4.79 Å². The standard InChI is InChI=1S/C19H22ClNOS/c1-14-6-7-15(2)17(10-14)12-19(22)21-8-9-23-13-16-4-3-5-18(20)11-16/h3-7,10-11H,8-9,12-13H2,1-2H3,(H,21,22). The molecule has 2 nitrogen and oxygen atoms in total. The molecular formula is C19H22ClNOS. The predicted octanol–water partition coefficient (Wildman–Crippen LogP) is 4.55. The molecule has 0 saturated heterocycles. The summed E-state index contributed by atoms with van der Waals surface area (Å²) in [5.41, 5.74) is 4.68. The molecule has 1 N–H and O–H groups in total. The van der Waals surface area contributed by atoms with Crippen LogP contribution in [0, 0.1) is 13.8 Å². The van der Waals surface area contributed by atoms with Gasteiger partial charge in [0.1, 0.15) is 0 Å².